The highest BCUT2D eigenvalue weighted by Gasteiger charge is 2.14. The lowest BCUT2D eigenvalue weighted by atomic mass is 10.0. The van der Waals surface area contributed by atoms with E-state index in [1.165, 1.54) is 0 Å². The van der Waals surface area contributed by atoms with Crippen LogP contribution in [0.5, 0.6) is 0 Å². The Hall–Kier alpha value is -4.58. The molecule has 0 radical (unpaired) electrons. The van der Waals surface area contributed by atoms with Crippen molar-refractivity contribution in [1.82, 2.24) is 9.97 Å². The molecule has 5 aromatic rings. The molecule has 0 unspecified atom stereocenters. The van der Waals surface area contributed by atoms with Gasteiger partial charge in [-0.15, -0.1) is 0 Å². The van der Waals surface area contributed by atoms with Crippen LogP contribution < -0.4 is 10.6 Å². The second kappa shape index (κ2) is 9.50. The number of nitrogens with one attached hydrogen (secondary N) is 2. The van der Waals surface area contributed by atoms with Gasteiger partial charge in [0.25, 0.3) is 0 Å². The summed E-state index contributed by atoms with van der Waals surface area (Å²) in [7, 11) is 0. The number of aromatic nitrogens is 2. The number of amides is 2. The fourth-order valence-corrected chi connectivity index (χ4v) is 4.05. The van der Waals surface area contributed by atoms with Crippen molar-refractivity contribution in [2.75, 3.05) is 10.6 Å². The SMILES string of the molecule is O=C(Cc1ccccc1CC(=O)Nc1cccc2cccnc12)Nc1cccc2cccnc12. The molecule has 2 aromatic heterocycles. The van der Waals surface area contributed by atoms with Gasteiger partial charge in [-0.05, 0) is 35.4 Å². The van der Waals surface area contributed by atoms with Crippen LogP contribution in [0.15, 0.2) is 97.3 Å². The number of carbonyl (C=O) groups is 2. The molecular formula is C28H22N4O2. The molecule has 2 amide bonds. The summed E-state index contributed by atoms with van der Waals surface area (Å²) in [5, 5.41) is 7.84. The quantitative estimate of drug-likeness (QED) is 0.378. The molecule has 0 aliphatic rings. The number of hydrogen-bond acceptors (Lipinski definition) is 4. The normalized spacial score (nSPS) is 10.8. The Morgan fingerprint density at radius 1 is 0.559 bits per heavy atom. The summed E-state index contributed by atoms with van der Waals surface area (Å²) in [6.45, 7) is 0. The summed E-state index contributed by atoms with van der Waals surface area (Å²) >= 11 is 0. The summed E-state index contributed by atoms with van der Waals surface area (Å²) in [5.74, 6) is -0.325. The number of pyridine rings is 2. The van der Waals surface area contributed by atoms with Crippen molar-refractivity contribution >= 4 is 45.0 Å². The Kier molecular flexibility index (Phi) is 5.95. The molecule has 0 saturated carbocycles. The van der Waals surface area contributed by atoms with Crippen LogP contribution in [0.1, 0.15) is 11.1 Å². The number of fused-ring (bicyclic) bond motifs is 2. The van der Waals surface area contributed by atoms with E-state index in [9.17, 15) is 9.59 Å². The Bertz CT molecular complexity index is 1390. The van der Waals surface area contributed by atoms with E-state index in [1.807, 2.05) is 84.9 Å². The first-order valence-electron chi connectivity index (χ1n) is 11.0. The lowest BCUT2D eigenvalue weighted by Gasteiger charge is -2.12. The van der Waals surface area contributed by atoms with Crippen LogP contribution in [0.4, 0.5) is 11.4 Å². The van der Waals surface area contributed by atoms with Gasteiger partial charge in [-0.2, -0.15) is 0 Å². The lowest BCUT2D eigenvalue weighted by molar-refractivity contribution is -0.116. The number of carbonyl (C=O) groups excluding carboxylic acids is 2. The zero-order chi connectivity index (χ0) is 23.3. The number of para-hydroxylation sites is 2. The largest absolute Gasteiger partial charge is 0.324 e. The minimum Gasteiger partial charge on any atom is -0.324 e. The maximum atomic E-state index is 12.9. The molecule has 0 fully saturated rings. The molecule has 0 saturated heterocycles. The second-order valence-corrected chi connectivity index (χ2v) is 7.98. The molecular weight excluding hydrogens is 424 g/mol. The van der Waals surface area contributed by atoms with Crippen molar-refractivity contribution in [2.45, 2.75) is 12.8 Å². The van der Waals surface area contributed by atoms with E-state index in [2.05, 4.69) is 20.6 Å². The smallest absolute Gasteiger partial charge is 0.228 e. The van der Waals surface area contributed by atoms with Gasteiger partial charge in [0.15, 0.2) is 0 Å². The molecule has 6 nitrogen and oxygen atoms in total. The van der Waals surface area contributed by atoms with E-state index in [-0.39, 0.29) is 24.7 Å². The number of rotatable bonds is 6. The van der Waals surface area contributed by atoms with Gasteiger partial charge in [-0.3, -0.25) is 19.6 Å². The average Bonchev–Trinajstić information content (AvgIpc) is 2.86. The molecule has 2 heterocycles. The first-order valence-corrected chi connectivity index (χ1v) is 11.0. The number of anilines is 2. The number of nitrogens with zero attached hydrogens (tertiary/aromatic N) is 2. The third-order valence-electron chi connectivity index (χ3n) is 5.63. The summed E-state index contributed by atoms with van der Waals surface area (Å²) in [6, 6.07) is 26.5. The van der Waals surface area contributed by atoms with Crippen LogP contribution in [-0.2, 0) is 22.4 Å². The minimum absolute atomic E-state index is 0.155. The van der Waals surface area contributed by atoms with Crippen molar-refractivity contribution in [3.63, 3.8) is 0 Å². The zero-order valence-electron chi connectivity index (χ0n) is 18.4. The number of benzene rings is 3. The van der Waals surface area contributed by atoms with Crippen molar-refractivity contribution in [3.8, 4) is 0 Å². The van der Waals surface area contributed by atoms with Crippen LogP contribution in [0, 0.1) is 0 Å². The second-order valence-electron chi connectivity index (χ2n) is 7.98. The Balaban J connectivity index is 1.30. The molecule has 166 valence electrons. The van der Waals surface area contributed by atoms with E-state index in [0.29, 0.717) is 11.4 Å². The monoisotopic (exact) mass is 446 g/mol. The molecule has 5 rings (SSSR count). The van der Waals surface area contributed by atoms with Crippen LogP contribution in [0.25, 0.3) is 21.8 Å². The molecule has 3 aromatic carbocycles. The molecule has 6 heteroatoms. The Labute approximate surface area is 196 Å². The third kappa shape index (κ3) is 4.61. The highest BCUT2D eigenvalue weighted by Crippen LogP contribution is 2.23. The number of hydrogen-bond donors (Lipinski definition) is 2. The van der Waals surface area contributed by atoms with E-state index in [0.717, 1.165) is 32.9 Å². The van der Waals surface area contributed by atoms with E-state index < -0.39 is 0 Å². The third-order valence-corrected chi connectivity index (χ3v) is 5.63. The van der Waals surface area contributed by atoms with Crippen LogP contribution in [0.3, 0.4) is 0 Å². The topological polar surface area (TPSA) is 84.0 Å². The van der Waals surface area contributed by atoms with E-state index in [1.54, 1.807) is 12.4 Å². The van der Waals surface area contributed by atoms with Crippen molar-refractivity contribution in [2.24, 2.45) is 0 Å². The van der Waals surface area contributed by atoms with Gasteiger partial charge in [0, 0.05) is 23.2 Å². The first-order chi connectivity index (χ1) is 16.7. The van der Waals surface area contributed by atoms with Gasteiger partial charge < -0.3 is 10.6 Å². The van der Waals surface area contributed by atoms with E-state index in [4.69, 9.17) is 0 Å². The average molecular weight is 447 g/mol. The highest BCUT2D eigenvalue weighted by molar-refractivity contribution is 6.02. The van der Waals surface area contributed by atoms with Crippen molar-refractivity contribution < 1.29 is 9.59 Å². The fourth-order valence-electron chi connectivity index (χ4n) is 4.05. The van der Waals surface area contributed by atoms with Gasteiger partial charge in [-0.25, -0.2) is 0 Å². The zero-order valence-corrected chi connectivity index (χ0v) is 18.4. The van der Waals surface area contributed by atoms with Crippen LogP contribution in [0.2, 0.25) is 0 Å². The summed E-state index contributed by atoms with van der Waals surface area (Å²) in [6.07, 6.45) is 3.72. The van der Waals surface area contributed by atoms with Gasteiger partial charge in [-0.1, -0.05) is 60.7 Å². The Morgan fingerprint density at radius 2 is 1.00 bits per heavy atom. The maximum Gasteiger partial charge on any atom is 0.228 e. The molecule has 34 heavy (non-hydrogen) atoms. The minimum atomic E-state index is -0.163. The molecule has 0 atom stereocenters. The first kappa shape index (κ1) is 21.3. The predicted octanol–water partition coefficient (Wildman–Crippen LogP) is 5.15. The fraction of sp³-hybridized carbons (Fsp3) is 0.0714. The van der Waals surface area contributed by atoms with Crippen LogP contribution in [-0.4, -0.2) is 21.8 Å². The standard InChI is InChI=1S/C28H22N4O2/c33-25(31-23-13-3-9-19-11-5-15-29-27(19)23)17-21-7-1-2-8-22(21)18-26(34)32-24-14-4-10-20-12-6-16-30-28(20)24/h1-16H,17-18H2,(H,31,33)(H,32,34). The maximum absolute atomic E-state index is 12.9. The summed E-state index contributed by atoms with van der Waals surface area (Å²) < 4.78 is 0. The van der Waals surface area contributed by atoms with Gasteiger partial charge in [0.2, 0.25) is 11.8 Å². The lowest BCUT2D eigenvalue weighted by Crippen LogP contribution is -2.19. The Morgan fingerprint density at radius 3 is 1.47 bits per heavy atom. The molecule has 0 aliphatic heterocycles. The van der Waals surface area contributed by atoms with Gasteiger partial charge in [0.1, 0.15) is 0 Å². The summed E-state index contributed by atoms with van der Waals surface area (Å²) in [4.78, 5) is 34.5. The van der Waals surface area contributed by atoms with Crippen molar-refractivity contribution in [3.05, 3.63) is 108 Å². The molecule has 2 N–H and O–H groups in total. The summed E-state index contributed by atoms with van der Waals surface area (Å²) in [5.41, 5.74) is 4.44. The van der Waals surface area contributed by atoms with E-state index >= 15 is 0 Å². The predicted molar refractivity (Wildman–Crippen MR) is 135 cm³/mol. The molecule has 0 bridgehead atoms. The van der Waals surface area contributed by atoms with Gasteiger partial charge in [0.05, 0.1) is 35.2 Å². The molecule has 0 aliphatic carbocycles. The highest BCUT2D eigenvalue weighted by atomic mass is 16.2. The van der Waals surface area contributed by atoms with Crippen LogP contribution >= 0.6 is 0 Å². The van der Waals surface area contributed by atoms with Gasteiger partial charge >= 0.3 is 0 Å². The molecule has 0 spiro atoms. The van der Waals surface area contributed by atoms with Crippen molar-refractivity contribution in [1.29, 1.82) is 0 Å².